The highest BCUT2D eigenvalue weighted by Crippen LogP contribution is 2.20. The van der Waals surface area contributed by atoms with E-state index in [0.717, 1.165) is 11.1 Å². The summed E-state index contributed by atoms with van der Waals surface area (Å²) >= 11 is 0. The number of aryl methyl sites for hydroxylation is 1. The minimum Gasteiger partial charge on any atom is -0.398 e. The molecular formula is C15H18N2O2S. The fourth-order valence-electron chi connectivity index (χ4n) is 1.90. The Morgan fingerprint density at radius 1 is 1.10 bits per heavy atom. The van der Waals surface area contributed by atoms with Crippen LogP contribution < -0.4 is 10.5 Å². The lowest BCUT2D eigenvalue weighted by molar-refractivity contribution is 0.567. The summed E-state index contributed by atoms with van der Waals surface area (Å²) in [5.74, 6) is 0. The second-order valence-electron chi connectivity index (χ2n) is 4.77. The molecule has 0 bridgehead atoms. The van der Waals surface area contributed by atoms with Gasteiger partial charge in [0, 0.05) is 11.7 Å². The molecule has 0 heterocycles. The maximum absolute atomic E-state index is 12.3. The van der Waals surface area contributed by atoms with Crippen molar-refractivity contribution >= 4 is 15.7 Å². The van der Waals surface area contributed by atoms with Gasteiger partial charge in [0.25, 0.3) is 0 Å². The molecular weight excluding hydrogens is 272 g/mol. The molecule has 0 spiro atoms. The predicted octanol–water partition coefficient (Wildman–Crippen LogP) is 2.62. The minimum absolute atomic E-state index is 0.184. The summed E-state index contributed by atoms with van der Waals surface area (Å²) in [6.45, 7) is 3.65. The SMILES string of the molecule is Cc1ccc(S(=O)(=O)NC(C)c2ccccc2)cc1N. The lowest BCUT2D eigenvalue weighted by Crippen LogP contribution is -2.27. The summed E-state index contributed by atoms with van der Waals surface area (Å²) in [7, 11) is -3.58. The van der Waals surface area contributed by atoms with E-state index in [9.17, 15) is 8.42 Å². The van der Waals surface area contributed by atoms with Crippen LogP contribution in [0.5, 0.6) is 0 Å². The van der Waals surface area contributed by atoms with Crippen molar-refractivity contribution in [3.63, 3.8) is 0 Å². The van der Waals surface area contributed by atoms with E-state index in [1.54, 1.807) is 12.1 Å². The summed E-state index contributed by atoms with van der Waals surface area (Å²) in [5, 5.41) is 0. The van der Waals surface area contributed by atoms with Crippen molar-refractivity contribution < 1.29 is 8.42 Å². The molecule has 3 N–H and O–H groups in total. The quantitative estimate of drug-likeness (QED) is 0.850. The molecule has 106 valence electrons. The third-order valence-corrected chi connectivity index (χ3v) is 4.73. The molecule has 2 rings (SSSR count). The molecule has 0 aliphatic heterocycles. The second-order valence-corrected chi connectivity index (χ2v) is 6.49. The van der Waals surface area contributed by atoms with E-state index >= 15 is 0 Å². The molecule has 20 heavy (non-hydrogen) atoms. The average molecular weight is 290 g/mol. The molecule has 0 saturated carbocycles. The van der Waals surface area contributed by atoms with Crippen molar-refractivity contribution in [3.8, 4) is 0 Å². The standard InChI is InChI=1S/C15H18N2O2S/c1-11-8-9-14(10-15(11)16)20(18,19)17-12(2)13-6-4-3-5-7-13/h3-10,12,17H,16H2,1-2H3. The monoisotopic (exact) mass is 290 g/mol. The number of hydrogen-bond acceptors (Lipinski definition) is 3. The largest absolute Gasteiger partial charge is 0.398 e. The van der Waals surface area contributed by atoms with E-state index < -0.39 is 10.0 Å². The van der Waals surface area contributed by atoms with Gasteiger partial charge in [-0.2, -0.15) is 0 Å². The summed E-state index contributed by atoms with van der Waals surface area (Å²) in [6, 6.07) is 13.9. The van der Waals surface area contributed by atoms with Crippen LogP contribution in [0.4, 0.5) is 5.69 Å². The van der Waals surface area contributed by atoms with E-state index in [1.165, 1.54) is 6.07 Å². The molecule has 0 fully saturated rings. The Hall–Kier alpha value is -1.85. The van der Waals surface area contributed by atoms with Crippen molar-refractivity contribution in [3.05, 3.63) is 59.7 Å². The third-order valence-electron chi connectivity index (χ3n) is 3.19. The average Bonchev–Trinajstić information content (AvgIpc) is 2.42. The Kier molecular flexibility index (Phi) is 4.11. The minimum atomic E-state index is -3.58. The van der Waals surface area contributed by atoms with Crippen molar-refractivity contribution in [2.24, 2.45) is 0 Å². The zero-order chi connectivity index (χ0) is 14.8. The lowest BCUT2D eigenvalue weighted by atomic mass is 10.1. The topological polar surface area (TPSA) is 72.2 Å². The fourth-order valence-corrected chi connectivity index (χ4v) is 3.16. The highest BCUT2D eigenvalue weighted by atomic mass is 32.2. The normalized spacial score (nSPS) is 13.1. The first-order valence-corrected chi connectivity index (χ1v) is 7.82. The third kappa shape index (κ3) is 3.18. The summed E-state index contributed by atoms with van der Waals surface area (Å²) < 4.78 is 27.3. The molecule has 2 aromatic carbocycles. The van der Waals surface area contributed by atoms with Gasteiger partial charge in [-0.1, -0.05) is 36.4 Å². The van der Waals surface area contributed by atoms with Gasteiger partial charge < -0.3 is 5.73 Å². The Labute approximate surface area is 119 Å². The number of anilines is 1. The van der Waals surface area contributed by atoms with Gasteiger partial charge in [-0.3, -0.25) is 0 Å². The number of rotatable bonds is 4. The van der Waals surface area contributed by atoms with Crippen LogP contribution in [0, 0.1) is 6.92 Å². The number of nitrogens with two attached hydrogens (primary N) is 1. The smallest absolute Gasteiger partial charge is 0.241 e. The summed E-state index contributed by atoms with van der Waals surface area (Å²) in [6.07, 6.45) is 0. The van der Waals surface area contributed by atoms with Crippen molar-refractivity contribution in [1.82, 2.24) is 4.72 Å². The van der Waals surface area contributed by atoms with Gasteiger partial charge in [-0.25, -0.2) is 13.1 Å². The van der Waals surface area contributed by atoms with E-state index in [0.29, 0.717) is 5.69 Å². The lowest BCUT2D eigenvalue weighted by Gasteiger charge is -2.15. The van der Waals surface area contributed by atoms with Crippen LogP contribution in [-0.2, 0) is 10.0 Å². The summed E-state index contributed by atoms with van der Waals surface area (Å²) in [5.41, 5.74) is 8.01. The van der Waals surface area contributed by atoms with Crippen LogP contribution in [0.2, 0.25) is 0 Å². The van der Waals surface area contributed by atoms with Crippen LogP contribution >= 0.6 is 0 Å². The van der Waals surface area contributed by atoms with Gasteiger partial charge in [0.2, 0.25) is 10.0 Å². The number of benzene rings is 2. The molecule has 0 aliphatic rings. The first-order valence-electron chi connectivity index (χ1n) is 6.33. The second kappa shape index (κ2) is 5.64. The molecule has 0 aromatic heterocycles. The first kappa shape index (κ1) is 14.6. The number of hydrogen-bond donors (Lipinski definition) is 2. The molecule has 4 nitrogen and oxygen atoms in total. The van der Waals surface area contributed by atoms with E-state index in [-0.39, 0.29) is 10.9 Å². The Bertz CT molecular complexity index is 697. The van der Waals surface area contributed by atoms with Crippen molar-refractivity contribution in [2.45, 2.75) is 24.8 Å². The van der Waals surface area contributed by atoms with Crippen LogP contribution in [-0.4, -0.2) is 8.42 Å². The Balaban J connectivity index is 2.25. The van der Waals surface area contributed by atoms with E-state index in [2.05, 4.69) is 4.72 Å². The number of nitrogens with one attached hydrogen (secondary N) is 1. The molecule has 5 heteroatoms. The molecule has 1 unspecified atom stereocenters. The predicted molar refractivity (Wildman–Crippen MR) is 80.8 cm³/mol. The van der Waals surface area contributed by atoms with Gasteiger partial charge >= 0.3 is 0 Å². The van der Waals surface area contributed by atoms with Gasteiger partial charge in [0.05, 0.1) is 4.90 Å². The molecule has 1 atom stereocenters. The highest BCUT2D eigenvalue weighted by molar-refractivity contribution is 7.89. The van der Waals surface area contributed by atoms with Crippen molar-refractivity contribution in [2.75, 3.05) is 5.73 Å². The van der Waals surface area contributed by atoms with Gasteiger partial charge in [0.1, 0.15) is 0 Å². The first-order chi connectivity index (χ1) is 9.40. The van der Waals surface area contributed by atoms with Gasteiger partial charge in [-0.15, -0.1) is 0 Å². The van der Waals surface area contributed by atoms with E-state index in [4.69, 9.17) is 5.73 Å². The maximum Gasteiger partial charge on any atom is 0.241 e. The molecule has 0 aliphatic carbocycles. The molecule has 0 saturated heterocycles. The molecule has 2 aromatic rings. The van der Waals surface area contributed by atoms with Gasteiger partial charge in [-0.05, 0) is 37.1 Å². The van der Waals surface area contributed by atoms with Crippen LogP contribution in [0.15, 0.2) is 53.4 Å². The van der Waals surface area contributed by atoms with Crippen LogP contribution in [0.3, 0.4) is 0 Å². The highest BCUT2D eigenvalue weighted by Gasteiger charge is 2.18. The zero-order valence-electron chi connectivity index (χ0n) is 11.5. The van der Waals surface area contributed by atoms with Crippen molar-refractivity contribution in [1.29, 1.82) is 0 Å². The Morgan fingerprint density at radius 2 is 1.75 bits per heavy atom. The zero-order valence-corrected chi connectivity index (χ0v) is 12.3. The molecule has 0 amide bonds. The van der Waals surface area contributed by atoms with Gasteiger partial charge in [0.15, 0.2) is 0 Å². The number of nitrogen functional groups attached to an aromatic ring is 1. The van der Waals surface area contributed by atoms with Crippen LogP contribution in [0.25, 0.3) is 0 Å². The molecule has 0 radical (unpaired) electrons. The maximum atomic E-state index is 12.3. The fraction of sp³-hybridized carbons (Fsp3) is 0.200. The van der Waals surface area contributed by atoms with E-state index in [1.807, 2.05) is 44.2 Å². The summed E-state index contributed by atoms with van der Waals surface area (Å²) in [4.78, 5) is 0.184. The van der Waals surface area contributed by atoms with Crippen LogP contribution in [0.1, 0.15) is 24.1 Å². The number of sulfonamides is 1. The Morgan fingerprint density at radius 3 is 2.35 bits per heavy atom.